The van der Waals surface area contributed by atoms with Crippen LogP contribution in [0, 0.1) is 0 Å². The van der Waals surface area contributed by atoms with Crippen molar-refractivity contribution < 1.29 is 4.79 Å². The zero-order chi connectivity index (χ0) is 13.5. The van der Waals surface area contributed by atoms with Crippen LogP contribution >= 0.6 is 11.3 Å². The van der Waals surface area contributed by atoms with E-state index in [0.717, 1.165) is 18.7 Å². The van der Waals surface area contributed by atoms with Gasteiger partial charge in [-0.15, -0.1) is 0 Å². The average molecular weight is 275 g/mol. The van der Waals surface area contributed by atoms with Crippen molar-refractivity contribution >= 4 is 22.9 Å². The molecule has 100 valence electrons. The molecule has 19 heavy (non-hydrogen) atoms. The van der Waals surface area contributed by atoms with E-state index in [9.17, 15) is 4.79 Å². The first-order valence-electron chi connectivity index (χ1n) is 6.28. The molecule has 0 spiro atoms. The lowest BCUT2D eigenvalue weighted by molar-refractivity contribution is 0.0954. The third-order valence-electron chi connectivity index (χ3n) is 2.71. The number of anilines is 1. The fraction of sp³-hybridized carbons (Fsp3) is 0.286. The van der Waals surface area contributed by atoms with Crippen molar-refractivity contribution in [1.29, 1.82) is 0 Å². The number of carbonyl (C=O) groups excluding carboxylic acids is 1. The first kappa shape index (κ1) is 13.5. The monoisotopic (exact) mass is 275 g/mol. The number of hydrogen-bond acceptors (Lipinski definition) is 4. The Labute approximate surface area is 116 Å². The largest absolute Gasteiger partial charge is 0.385 e. The molecular weight excluding hydrogens is 258 g/mol. The van der Waals surface area contributed by atoms with Gasteiger partial charge in [-0.3, -0.25) is 9.78 Å². The Morgan fingerprint density at radius 1 is 1.42 bits per heavy atom. The second kappa shape index (κ2) is 6.89. The highest BCUT2D eigenvalue weighted by molar-refractivity contribution is 7.07. The highest BCUT2D eigenvalue weighted by Crippen LogP contribution is 2.13. The van der Waals surface area contributed by atoms with Crippen molar-refractivity contribution in [3.8, 4) is 0 Å². The highest BCUT2D eigenvalue weighted by atomic mass is 32.1. The Morgan fingerprint density at radius 3 is 3.05 bits per heavy atom. The second-order valence-corrected chi connectivity index (χ2v) is 4.87. The van der Waals surface area contributed by atoms with Crippen LogP contribution in [0.2, 0.25) is 0 Å². The van der Waals surface area contributed by atoms with E-state index in [1.165, 1.54) is 5.56 Å². The fourth-order valence-electron chi connectivity index (χ4n) is 1.77. The SMILES string of the molecule is CCNc1ccncc1C(=O)NCCc1ccsc1. The number of pyridine rings is 1. The van der Waals surface area contributed by atoms with Crippen molar-refractivity contribution in [3.05, 3.63) is 46.4 Å². The van der Waals surface area contributed by atoms with Crippen LogP contribution in [0.15, 0.2) is 35.3 Å². The molecule has 0 saturated heterocycles. The number of nitrogens with one attached hydrogen (secondary N) is 2. The third-order valence-corrected chi connectivity index (χ3v) is 3.44. The van der Waals surface area contributed by atoms with Gasteiger partial charge >= 0.3 is 0 Å². The summed E-state index contributed by atoms with van der Waals surface area (Å²) < 4.78 is 0. The molecule has 0 aliphatic heterocycles. The lowest BCUT2D eigenvalue weighted by atomic mass is 10.2. The van der Waals surface area contributed by atoms with E-state index in [1.807, 2.05) is 18.4 Å². The van der Waals surface area contributed by atoms with Gasteiger partial charge in [0.1, 0.15) is 0 Å². The molecule has 0 atom stereocenters. The lowest BCUT2D eigenvalue weighted by Gasteiger charge is -2.10. The molecule has 0 fully saturated rings. The van der Waals surface area contributed by atoms with Crippen molar-refractivity contribution in [3.63, 3.8) is 0 Å². The molecule has 0 aliphatic carbocycles. The standard InChI is InChI=1S/C14H17N3OS/c1-2-16-13-4-6-15-9-12(13)14(18)17-7-3-11-5-8-19-10-11/h4-6,8-10H,2-3,7H2,1H3,(H,15,16)(H,17,18). The van der Waals surface area contributed by atoms with Crippen LogP contribution in [0.4, 0.5) is 5.69 Å². The van der Waals surface area contributed by atoms with Gasteiger partial charge in [-0.25, -0.2) is 0 Å². The van der Waals surface area contributed by atoms with E-state index in [2.05, 4.69) is 27.1 Å². The summed E-state index contributed by atoms with van der Waals surface area (Å²) in [5, 5.41) is 10.2. The molecule has 4 nitrogen and oxygen atoms in total. The zero-order valence-corrected chi connectivity index (χ0v) is 11.7. The van der Waals surface area contributed by atoms with E-state index in [1.54, 1.807) is 23.7 Å². The summed E-state index contributed by atoms with van der Waals surface area (Å²) in [5.74, 6) is -0.0840. The first-order valence-corrected chi connectivity index (χ1v) is 7.22. The van der Waals surface area contributed by atoms with E-state index in [-0.39, 0.29) is 5.91 Å². The van der Waals surface area contributed by atoms with Gasteiger partial charge in [-0.1, -0.05) is 0 Å². The Morgan fingerprint density at radius 2 is 2.32 bits per heavy atom. The summed E-state index contributed by atoms with van der Waals surface area (Å²) in [4.78, 5) is 16.1. The zero-order valence-electron chi connectivity index (χ0n) is 10.8. The number of rotatable bonds is 6. The predicted octanol–water partition coefficient (Wildman–Crippen LogP) is 2.55. The van der Waals surface area contributed by atoms with Crippen LogP contribution in [0.25, 0.3) is 0 Å². The first-order chi connectivity index (χ1) is 9.31. The van der Waals surface area contributed by atoms with Crippen LogP contribution in [0.1, 0.15) is 22.8 Å². The molecule has 2 aromatic rings. The quantitative estimate of drug-likeness (QED) is 0.852. The van der Waals surface area contributed by atoms with Crippen LogP contribution in [-0.2, 0) is 6.42 Å². The topological polar surface area (TPSA) is 54.0 Å². The maximum atomic E-state index is 12.1. The molecule has 0 aliphatic rings. The molecule has 0 unspecified atom stereocenters. The maximum absolute atomic E-state index is 12.1. The molecule has 2 rings (SSSR count). The third kappa shape index (κ3) is 3.79. The van der Waals surface area contributed by atoms with Gasteiger partial charge < -0.3 is 10.6 Å². The van der Waals surface area contributed by atoms with E-state index >= 15 is 0 Å². The molecule has 0 radical (unpaired) electrons. The van der Waals surface area contributed by atoms with E-state index in [4.69, 9.17) is 0 Å². The van der Waals surface area contributed by atoms with Gasteiger partial charge in [-0.2, -0.15) is 11.3 Å². The van der Waals surface area contributed by atoms with Gasteiger partial charge in [0.15, 0.2) is 0 Å². The van der Waals surface area contributed by atoms with E-state index < -0.39 is 0 Å². The number of aromatic nitrogens is 1. The lowest BCUT2D eigenvalue weighted by Crippen LogP contribution is -2.26. The summed E-state index contributed by atoms with van der Waals surface area (Å²) in [7, 11) is 0. The van der Waals surface area contributed by atoms with Crippen LogP contribution in [0.5, 0.6) is 0 Å². The highest BCUT2D eigenvalue weighted by Gasteiger charge is 2.10. The number of nitrogens with zero attached hydrogens (tertiary/aromatic N) is 1. The second-order valence-electron chi connectivity index (χ2n) is 4.09. The summed E-state index contributed by atoms with van der Waals surface area (Å²) in [6.07, 6.45) is 4.13. The summed E-state index contributed by atoms with van der Waals surface area (Å²) in [6.45, 7) is 3.41. The number of thiophene rings is 1. The van der Waals surface area contributed by atoms with Crippen LogP contribution in [-0.4, -0.2) is 24.0 Å². The normalized spacial score (nSPS) is 10.2. The van der Waals surface area contributed by atoms with Crippen LogP contribution < -0.4 is 10.6 Å². The predicted molar refractivity (Wildman–Crippen MR) is 78.8 cm³/mol. The van der Waals surface area contributed by atoms with Gasteiger partial charge in [0.25, 0.3) is 5.91 Å². The minimum atomic E-state index is -0.0840. The molecule has 0 bridgehead atoms. The Balaban J connectivity index is 1.92. The number of carbonyl (C=O) groups is 1. The number of amides is 1. The molecular formula is C14H17N3OS. The van der Waals surface area contributed by atoms with Gasteiger partial charge in [-0.05, 0) is 41.8 Å². The average Bonchev–Trinajstić information content (AvgIpc) is 2.93. The maximum Gasteiger partial charge on any atom is 0.254 e. The van der Waals surface area contributed by atoms with Crippen molar-refractivity contribution in [2.24, 2.45) is 0 Å². The molecule has 2 N–H and O–H groups in total. The molecule has 2 heterocycles. The number of hydrogen-bond donors (Lipinski definition) is 2. The van der Waals surface area contributed by atoms with Crippen molar-refractivity contribution in [2.45, 2.75) is 13.3 Å². The van der Waals surface area contributed by atoms with Crippen molar-refractivity contribution in [2.75, 3.05) is 18.4 Å². The molecule has 0 aromatic carbocycles. The minimum absolute atomic E-state index is 0.0840. The molecule has 1 amide bonds. The van der Waals surface area contributed by atoms with Gasteiger partial charge in [0.05, 0.1) is 11.3 Å². The minimum Gasteiger partial charge on any atom is -0.385 e. The fourth-order valence-corrected chi connectivity index (χ4v) is 2.47. The van der Waals surface area contributed by atoms with E-state index in [0.29, 0.717) is 12.1 Å². The summed E-state index contributed by atoms with van der Waals surface area (Å²) in [5.41, 5.74) is 2.67. The summed E-state index contributed by atoms with van der Waals surface area (Å²) in [6, 6.07) is 3.89. The van der Waals surface area contributed by atoms with Crippen LogP contribution in [0.3, 0.4) is 0 Å². The molecule has 0 saturated carbocycles. The summed E-state index contributed by atoms with van der Waals surface area (Å²) >= 11 is 1.67. The Hall–Kier alpha value is -1.88. The molecule has 5 heteroatoms. The van der Waals surface area contributed by atoms with Crippen molar-refractivity contribution in [1.82, 2.24) is 10.3 Å². The Bertz CT molecular complexity index is 525. The van der Waals surface area contributed by atoms with Gasteiger partial charge in [0.2, 0.25) is 0 Å². The Kier molecular flexibility index (Phi) is 4.92. The van der Waals surface area contributed by atoms with Gasteiger partial charge in [0, 0.05) is 25.5 Å². The smallest absolute Gasteiger partial charge is 0.254 e. The molecule has 2 aromatic heterocycles.